The molecule has 0 rings (SSSR count). The second kappa shape index (κ2) is 23.9. The van der Waals surface area contributed by atoms with Crippen LogP contribution in [0.4, 0.5) is 0 Å². The molecule has 0 fully saturated rings. The van der Waals surface area contributed by atoms with E-state index in [0.717, 1.165) is 0 Å². The fourth-order valence-corrected chi connectivity index (χ4v) is 0. The van der Waals surface area contributed by atoms with E-state index in [1.807, 2.05) is 0 Å². The molecule has 3 heteroatoms. The Labute approximate surface area is 60.8 Å². The normalized spacial score (nSPS) is 0. The Hall–Kier alpha value is 1.54. The molecule has 0 aromatic heterocycles. The number of hydrogen-bond donors (Lipinski definition) is 1. The second-order valence-electron chi connectivity index (χ2n) is 0. The molecular formula is CH7HfNTi. The minimum atomic E-state index is 0. The summed E-state index contributed by atoms with van der Waals surface area (Å²) in [6.45, 7) is 0. The molecular weight excluding hydrogens is 252 g/mol. The van der Waals surface area contributed by atoms with Gasteiger partial charge in [0.05, 0.1) is 0 Å². The quantitative estimate of drug-likeness (QED) is 0.642. The average Bonchev–Trinajstić information content (AvgIpc) is 0. The molecule has 0 heterocycles. The van der Waals surface area contributed by atoms with Crippen LogP contribution in [0, 0.1) is 0 Å². The summed E-state index contributed by atoms with van der Waals surface area (Å²) in [6.07, 6.45) is 0. The van der Waals surface area contributed by atoms with Gasteiger partial charge in [0.25, 0.3) is 0 Å². The molecule has 0 saturated carbocycles. The van der Waals surface area contributed by atoms with Gasteiger partial charge in [0.1, 0.15) is 0 Å². The Morgan fingerprint density at radius 1 is 1.00 bits per heavy atom. The van der Waals surface area contributed by atoms with Crippen LogP contribution < -0.4 is 6.15 Å². The molecule has 0 bridgehead atoms. The summed E-state index contributed by atoms with van der Waals surface area (Å²) in [7, 11) is 0. The first kappa shape index (κ1) is 48.0. The monoisotopic (exact) mass is 261 g/mol. The van der Waals surface area contributed by atoms with E-state index in [-0.39, 0.29) is 61.1 Å². The van der Waals surface area contributed by atoms with E-state index in [2.05, 4.69) is 0 Å². The predicted octanol–water partition coefficient (Wildman–Crippen LogP) is 0.793. The van der Waals surface area contributed by atoms with Crippen LogP contribution in [0.2, 0.25) is 0 Å². The van der Waals surface area contributed by atoms with E-state index in [1.54, 1.807) is 0 Å². The van der Waals surface area contributed by atoms with Crippen molar-refractivity contribution in [3.8, 4) is 0 Å². The molecule has 0 aliphatic carbocycles. The Kier molecular flexibility index (Phi) is 287. The molecule has 0 atom stereocenters. The minimum Gasteiger partial charge on any atom is -0.344 e. The van der Waals surface area contributed by atoms with Crippen molar-refractivity contribution in [2.24, 2.45) is 0 Å². The zero-order chi connectivity index (χ0) is 0. The Bertz CT molecular complexity index is 8.00. The summed E-state index contributed by atoms with van der Waals surface area (Å²) < 4.78 is 0. The first-order chi connectivity index (χ1) is 0. The summed E-state index contributed by atoms with van der Waals surface area (Å²) in [5.74, 6) is 0. The summed E-state index contributed by atoms with van der Waals surface area (Å²) in [4.78, 5) is 0. The van der Waals surface area contributed by atoms with Crippen molar-refractivity contribution in [3.63, 3.8) is 0 Å². The van der Waals surface area contributed by atoms with Gasteiger partial charge in [0, 0.05) is 47.6 Å². The molecule has 0 radical (unpaired) electrons. The van der Waals surface area contributed by atoms with Gasteiger partial charge in [0.2, 0.25) is 0 Å². The van der Waals surface area contributed by atoms with Crippen LogP contribution in [0.5, 0.6) is 0 Å². The number of rotatable bonds is 0. The summed E-state index contributed by atoms with van der Waals surface area (Å²) in [5, 5.41) is 0. The molecule has 0 amide bonds. The zero-order valence-corrected chi connectivity index (χ0v) is 6.86. The largest absolute Gasteiger partial charge is 0.344 e. The van der Waals surface area contributed by atoms with Crippen molar-refractivity contribution in [2.45, 2.75) is 7.43 Å². The third-order valence-electron chi connectivity index (χ3n) is 0. The van der Waals surface area contributed by atoms with Crippen molar-refractivity contribution in [3.05, 3.63) is 0 Å². The third kappa shape index (κ3) is 9.62. The zero-order valence-electron chi connectivity index (χ0n) is 1.71. The molecule has 4 heavy (non-hydrogen) atoms. The third-order valence-corrected chi connectivity index (χ3v) is 0. The van der Waals surface area contributed by atoms with Crippen molar-refractivity contribution in [2.75, 3.05) is 0 Å². The number of hydrogen-bond acceptors (Lipinski definition) is 1. The molecule has 0 aromatic carbocycles. The van der Waals surface area contributed by atoms with Crippen molar-refractivity contribution in [1.82, 2.24) is 6.15 Å². The van der Waals surface area contributed by atoms with E-state index >= 15 is 0 Å². The molecule has 0 unspecified atom stereocenters. The first-order valence-corrected chi connectivity index (χ1v) is 0. The van der Waals surface area contributed by atoms with Gasteiger partial charge in [-0.3, -0.25) is 0 Å². The van der Waals surface area contributed by atoms with Crippen molar-refractivity contribution in [1.29, 1.82) is 0 Å². The van der Waals surface area contributed by atoms with Crippen molar-refractivity contribution < 1.29 is 47.6 Å². The fourth-order valence-electron chi connectivity index (χ4n) is 0. The van der Waals surface area contributed by atoms with Gasteiger partial charge >= 0.3 is 0 Å². The van der Waals surface area contributed by atoms with Crippen LogP contribution in [0.25, 0.3) is 0 Å². The van der Waals surface area contributed by atoms with Crippen LogP contribution in [0.1, 0.15) is 7.43 Å². The Balaban J connectivity index is 0. The molecule has 0 aliphatic heterocycles. The molecule has 0 spiro atoms. The van der Waals surface area contributed by atoms with Crippen LogP contribution >= 0.6 is 0 Å². The first-order valence-electron chi connectivity index (χ1n) is 0. The van der Waals surface area contributed by atoms with Gasteiger partial charge in [0.15, 0.2) is 0 Å². The Morgan fingerprint density at radius 3 is 1.00 bits per heavy atom. The van der Waals surface area contributed by atoms with Crippen LogP contribution in [-0.2, 0) is 47.6 Å². The molecule has 1 nitrogen and oxygen atoms in total. The molecule has 0 saturated heterocycles. The topological polar surface area (TPSA) is 35.0 Å². The van der Waals surface area contributed by atoms with E-state index in [9.17, 15) is 0 Å². The molecule has 3 N–H and O–H groups in total. The molecule has 0 aromatic rings. The van der Waals surface area contributed by atoms with E-state index in [4.69, 9.17) is 0 Å². The van der Waals surface area contributed by atoms with Crippen LogP contribution in [0.3, 0.4) is 0 Å². The maximum atomic E-state index is 0. The molecule has 0 aliphatic rings. The van der Waals surface area contributed by atoms with Gasteiger partial charge in [-0.1, -0.05) is 7.43 Å². The van der Waals surface area contributed by atoms with Crippen LogP contribution in [-0.4, -0.2) is 0 Å². The summed E-state index contributed by atoms with van der Waals surface area (Å²) in [6, 6.07) is 0. The standard InChI is InChI=1S/CH4.Hf.H3N.Ti/h1H4;;1H3;. The van der Waals surface area contributed by atoms with Gasteiger partial charge in [-0.15, -0.1) is 0 Å². The predicted molar refractivity (Wildman–Crippen MR) is 11.8 cm³/mol. The van der Waals surface area contributed by atoms with Crippen LogP contribution in [0.15, 0.2) is 0 Å². The SMILES string of the molecule is C.N.[Hf].[Ti]. The maximum absolute atomic E-state index is 0. The van der Waals surface area contributed by atoms with Crippen molar-refractivity contribution >= 4 is 0 Å². The van der Waals surface area contributed by atoms with Gasteiger partial charge in [-0.05, 0) is 0 Å². The second-order valence-corrected chi connectivity index (χ2v) is 0. The van der Waals surface area contributed by atoms with E-state index < -0.39 is 0 Å². The van der Waals surface area contributed by atoms with Gasteiger partial charge in [-0.2, -0.15) is 0 Å². The minimum absolute atomic E-state index is 0. The molecule has 24 valence electrons. The maximum Gasteiger partial charge on any atom is 0 e. The van der Waals surface area contributed by atoms with E-state index in [1.165, 1.54) is 0 Å². The average molecular weight is 259 g/mol. The Morgan fingerprint density at radius 2 is 1.00 bits per heavy atom. The summed E-state index contributed by atoms with van der Waals surface area (Å²) >= 11 is 0. The van der Waals surface area contributed by atoms with E-state index in [0.29, 0.717) is 0 Å². The van der Waals surface area contributed by atoms with Gasteiger partial charge in [-0.25, -0.2) is 0 Å². The van der Waals surface area contributed by atoms with Gasteiger partial charge < -0.3 is 6.15 Å². The smallest absolute Gasteiger partial charge is 0 e. The fraction of sp³-hybridized carbons (Fsp3) is 1.00. The summed E-state index contributed by atoms with van der Waals surface area (Å²) in [5.41, 5.74) is 0.